The number of hydrogen-bond acceptors (Lipinski definition) is 5. The molecule has 1 amide bonds. The SMILES string of the molecule is CCC(C)(C)C1CCC(NC(=O)CSc2nnc(-c3ccncc3)n2C2CC2)CC1. The summed E-state index contributed by atoms with van der Waals surface area (Å²) in [5, 5.41) is 12.9. The van der Waals surface area contributed by atoms with Gasteiger partial charge in [0.25, 0.3) is 0 Å². The first-order valence-electron chi connectivity index (χ1n) is 11.3. The van der Waals surface area contributed by atoms with Crippen LogP contribution in [0.2, 0.25) is 0 Å². The van der Waals surface area contributed by atoms with Crippen LogP contribution in [0.25, 0.3) is 11.4 Å². The van der Waals surface area contributed by atoms with Gasteiger partial charge in [0.1, 0.15) is 0 Å². The lowest BCUT2D eigenvalue weighted by molar-refractivity contribution is -0.119. The van der Waals surface area contributed by atoms with Crippen molar-refractivity contribution in [2.75, 3.05) is 5.75 Å². The van der Waals surface area contributed by atoms with E-state index in [0.29, 0.717) is 23.3 Å². The van der Waals surface area contributed by atoms with E-state index in [1.807, 2.05) is 12.1 Å². The minimum absolute atomic E-state index is 0.106. The van der Waals surface area contributed by atoms with Crippen molar-refractivity contribution in [2.24, 2.45) is 11.3 Å². The van der Waals surface area contributed by atoms with E-state index in [2.05, 4.69) is 45.8 Å². The molecule has 0 radical (unpaired) electrons. The Hall–Kier alpha value is -1.89. The quantitative estimate of drug-likeness (QED) is 0.608. The van der Waals surface area contributed by atoms with E-state index in [9.17, 15) is 4.79 Å². The zero-order chi connectivity index (χ0) is 21.1. The highest BCUT2D eigenvalue weighted by Crippen LogP contribution is 2.41. The Bertz CT molecular complexity index is 854. The average molecular weight is 428 g/mol. The minimum Gasteiger partial charge on any atom is -0.353 e. The second kappa shape index (κ2) is 9.08. The maximum Gasteiger partial charge on any atom is 0.230 e. The van der Waals surface area contributed by atoms with Gasteiger partial charge in [-0.2, -0.15) is 0 Å². The van der Waals surface area contributed by atoms with Crippen LogP contribution in [-0.2, 0) is 4.79 Å². The molecule has 2 aliphatic rings. The van der Waals surface area contributed by atoms with Crippen LogP contribution in [0.1, 0.15) is 71.8 Å². The highest BCUT2D eigenvalue weighted by molar-refractivity contribution is 7.99. The summed E-state index contributed by atoms with van der Waals surface area (Å²) in [5.74, 6) is 2.14. The first kappa shape index (κ1) is 21.3. The fourth-order valence-electron chi connectivity index (χ4n) is 4.44. The molecule has 162 valence electrons. The number of pyridine rings is 1. The van der Waals surface area contributed by atoms with Gasteiger partial charge in [-0.1, -0.05) is 39.0 Å². The smallest absolute Gasteiger partial charge is 0.230 e. The summed E-state index contributed by atoms with van der Waals surface area (Å²) >= 11 is 1.50. The van der Waals surface area contributed by atoms with Crippen molar-refractivity contribution in [3.8, 4) is 11.4 Å². The largest absolute Gasteiger partial charge is 0.353 e. The molecule has 4 rings (SSSR count). The summed E-state index contributed by atoms with van der Waals surface area (Å²) in [6, 6.07) is 4.68. The first-order valence-corrected chi connectivity index (χ1v) is 12.2. The van der Waals surface area contributed by atoms with Crippen molar-refractivity contribution < 1.29 is 4.79 Å². The number of amides is 1. The van der Waals surface area contributed by atoms with Gasteiger partial charge in [-0.3, -0.25) is 14.3 Å². The van der Waals surface area contributed by atoms with Gasteiger partial charge < -0.3 is 5.32 Å². The summed E-state index contributed by atoms with van der Waals surface area (Å²) < 4.78 is 2.20. The number of carbonyl (C=O) groups excluding carboxylic acids is 1. The summed E-state index contributed by atoms with van der Waals surface area (Å²) in [6.07, 6.45) is 11.7. The van der Waals surface area contributed by atoms with Gasteiger partial charge in [0, 0.05) is 30.0 Å². The Kier molecular flexibility index (Phi) is 6.46. The lowest BCUT2D eigenvalue weighted by Crippen LogP contribution is -2.40. The topological polar surface area (TPSA) is 72.7 Å². The van der Waals surface area contributed by atoms with Crippen LogP contribution in [0.5, 0.6) is 0 Å². The molecular formula is C23H33N5OS. The van der Waals surface area contributed by atoms with Crippen LogP contribution >= 0.6 is 11.8 Å². The maximum atomic E-state index is 12.6. The van der Waals surface area contributed by atoms with Gasteiger partial charge in [-0.05, 0) is 62.0 Å². The Morgan fingerprint density at radius 3 is 2.47 bits per heavy atom. The van der Waals surface area contributed by atoms with Gasteiger partial charge >= 0.3 is 0 Å². The van der Waals surface area contributed by atoms with Gasteiger partial charge in [0.2, 0.25) is 5.91 Å². The van der Waals surface area contributed by atoms with Crippen LogP contribution in [0.4, 0.5) is 0 Å². The molecule has 0 aliphatic heterocycles. The molecule has 30 heavy (non-hydrogen) atoms. The molecule has 7 heteroatoms. The average Bonchev–Trinajstić information content (AvgIpc) is 3.52. The Morgan fingerprint density at radius 2 is 1.83 bits per heavy atom. The van der Waals surface area contributed by atoms with Crippen LogP contribution in [0.3, 0.4) is 0 Å². The Morgan fingerprint density at radius 1 is 1.13 bits per heavy atom. The molecule has 2 aliphatic carbocycles. The monoisotopic (exact) mass is 427 g/mol. The van der Waals surface area contributed by atoms with Gasteiger partial charge in [0.05, 0.1) is 5.75 Å². The number of carbonyl (C=O) groups is 1. The van der Waals surface area contributed by atoms with Gasteiger partial charge in [-0.25, -0.2) is 0 Å². The molecule has 0 saturated heterocycles. The molecule has 0 spiro atoms. The molecule has 6 nitrogen and oxygen atoms in total. The minimum atomic E-state index is 0.106. The molecule has 0 aromatic carbocycles. The highest BCUT2D eigenvalue weighted by Gasteiger charge is 2.33. The summed E-state index contributed by atoms with van der Waals surface area (Å²) in [4.78, 5) is 16.7. The number of aromatic nitrogens is 4. The van der Waals surface area contributed by atoms with E-state index in [0.717, 1.165) is 48.1 Å². The first-order chi connectivity index (χ1) is 14.5. The maximum absolute atomic E-state index is 12.6. The fourth-order valence-corrected chi connectivity index (χ4v) is 5.26. The van der Waals surface area contributed by atoms with Gasteiger partial charge in [-0.15, -0.1) is 10.2 Å². The number of rotatable bonds is 8. The predicted molar refractivity (Wildman–Crippen MR) is 120 cm³/mol. The third-order valence-electron chi connectivity index (χ3n) is 6.96. The van der Waals surface area contributed by atoms with Crippen molar-refractivity contribution >= 4 is 17.7 Å². The molecule has 2 aromatic rings. The van der Waals surface area contributed by atoms with E-state index >= 15 is 0 Å². The van der Waals surface area contributed by atoms with E-state index in [4.69, 9.17) is 0 Å². The number of nitrogens with zero attached hydrogens (tertiary/aromatic N) is 4. The second-order valence-electron chi connectivity index (χ2n) is 9.39. The van der Waals surface area contributed by atoms with E-state index in [-0.39, 0.29) is 5.91 Å². The molecule has 0 unspecified atom stereocenters. The van der Waals surface area contributed by atoms with Crippen LogP contribution < -0.4 is 5.32 Å². The summed E-state index contributed by atoms with van der Waals surface area (Å²) in [7, 11) is 0. The van der Waals surface area contributed by atoms with Crippen LogP contribution in [0.15, 0.2) is 29.7 Å². The molecule has 0 atom stereocenters. The van der Waals surface area contributed by atoms with Crippen molar-refractivity contribution in [1.29, 1.82) is 0 Å². The molecule has 0 bridgehead atoms. The molecule has 1 N–H and O–H groups in total. The van der Waals surface area contributed by atoms with Crippen LogP contribution in [0, 0.1) is 11.3 Å². The van der Waals surface area contributed by atoms with Crippen molar-refractivity contribution in [1.82, 2.24) is 25.1 Å². The van der Waals surface area contributed by atoms with E-state index in [1.54, 1.807) is 12.4 Å². The molecule has 2 heterocycles. The number of nitrogens with one attached hydrogen (secondary N) is 1. The predicted octanol–water partition coefficient (Wildman–Crippen LogP) is 4.88. The highest BCUT2D eigenvalue weighted by atomic mass is 32.2. The third-order valence-corrected chi connectivity index (χ3v) is 7.90. The van der Waals surface area contributed by atoms with Crippen molar-refractivity contribution in [3.63, 3.8) is 0 Å². The standard InChI is InChI=1S/C23H33N5OS/c1-4-23(2,3)17-5-7-18(8-6-17)25-20(29)15-30-22-27-26-21(28(22)19-9-10-19)16-11-13-24-14-12-16/h11-14,17-19H,4-10,15H2,1-3H3,(H,25,29). The lowest BCUT2D eigenvalue weighted by atomic mass is 9.69. The van der Waals surface area contributed by atoms with Gasteiger partial charge in [0.15, 0.2) is 11.0 Å². The Balaban J connectivity index is 1.31. The summed E-state index contributed by atoms with van der Waals surface area (Å²) in [5.41, 5.74) is 1.43. The summed E-state index contributed by atoms with van der Waals surface area (Å²) in [6.45, 7) is 7.04. The Labute approximate surface area is 183 Å². The number of hydrogen-bond donors (Lipinski definition) is 1. The zero-order valence-corrected chi connectivity index (χ0v) is 19.1. The van der Waals surface area contributed by atoms with Crippen molar-refractivity contribution in [2.45, 2.75) is 83.0 Å². The fraction of sp³-hybridized carbons (Fsp3) is 0.652. The second-order valence-corrected chi connectivity index (χ2v) is 10.3. The van der Waals surface area contributed by atoms with Crippen LogP contribution in [-0.4, -0.2) is 37.5 Å². The third kappa shape index (κ3) is 4.88. The molecular weight excluding hydrogens is 394 g/mol. The lowest BCUT2D eigenvalue weighted by Gasteiger charge is -2.39. The molecule has 2 aromatic heterocycles. The molecule has 2 fully saturated rings. The molecule has 2 saturated carbocycles. The number of thioether (sulfide) groups is 1. The van der Waals surface area contributed by atoms with E-state index < -0.39 is 0 Å². The normalized spacial score (nSPS) is 22.1. The zero-order valence-electron chi connectivity index (χ0n) is 18.3. The van der Waals surface area contributed by atoms with Crippen molar-refractivity contribution in [3.05, 3.63) is 24.5 Å². The van der Waals surface area contributed by atoms with E-state index in [1.165, 1.54) is 31.0 Å².